The van der Waals surface area contributed by atoms with Crippen LogP contribution in [0, 0.1) is 27.7 Å². The molecule has 0 bridgehead atoms. The van der Waals surface area contributed by atoms with Gasteiger partial charge in [0.25, 0.3) is 5.89 Å². The molecule has 4 rings (SSSR count). The molecule has 0 atom stereocenters. The molecule has 3 aromatic rings. The van der Waals surface area contributed by atoms with Gasteiger partial charge in [0.2, 0.25) is 10.0 Å². The van der Waals surface area contributed by atoms with Crippen LogP contribution < -0.4 is 4.90 Å². The molecule has 154 valence electrons. The van der Waals surface area contributed by atoms with Crippen LogP contribution in [-0.2, 0) is 16.6 Å². The Morgan fingerprint density at radius 2 is 1.66 bits per heavy atom. The third-order valence-electron chi connectivity index (χ3n) is 6.06. The predicted molar refractivity (Wildman–Crippen MR) is 113 cm³/mol. The summed E-state index contributed by atoms with van der Waals surface area (Å²) >= 11 is 0. The Morgan fingerprint density at radius 3 is 2.28 bits per heavy atom. The molecular weight excluding hydrogens is 386 g/mol. The lowest BCUT2D eigenvalue weighted by Gasteiger charge is -2.32. The van der Waals surface area contributed by atoms with Gasteiger partial charge in [-0.2, -0.15) is 4.31 Å². The van der Waals surface area contributed by atoms with Crippen molar-refractivity contribution >= 4 is 21.1 Å². The summed E-state index contributed by atoms with van der Waals surface area (Å²) in [5.41, 5.74) is 5.41. The molecule has 1 N–H and O–H groups in total. The first kappa shape index (κ1) is 20.1. The van der Waals surface area contributed by atoms with E-state index in [-0.39, 0.29) is 0 Å². The van der Waals surface area contributed by atoms with Crippen LogP contribution in [0.4, 0.5) is 0 Å². The van der Waals surface area contributed by atoms with E-state index in [9.17, 15) is 8.42 Å². The van der Waals surface area contributed by atoms with Crippen molar-refractivity contribution in [2.75, 3.05) is 26.2 Å². The van der Waals surface area contributed by atoms with Crippen LogP contribution >= 0.6 is 0 Å². The van der Waals surface area contributed by atoms with Gasteiger partial charge in [-0.3, -0.25) is 0 Å². The lowest BCUT2D eigenvalue weighted by molar-refractivity contribution is -0.918. The van der Waals surface area contributed by atoms with Crippen LogP contribution in [0.1, 0.15) is 28.1 Å². The quantitative estimate of drug-likeness (QED) is 0.710. The number of hydrogen-bond donors (Lipinski definition) is 1. The van der Waals surface area contributed by atoms with Gasteiger partial charge in [-0.05, 0) is 62.1 Å². The van der Waals surface area contributed by atoms with E-state index >= 15 is 0 Å². The number of hydrogen-bond acceptors (Lipinski definition) is 4. The summed E-state index contributed by atoms with van der Waals surface area (Å²) in [6, 6.07) is 9.80. The van der Waals surface area contributed by atoms with Crippen molar-refractivity contribution < 1.29 is 17.7 Å². The van der Waals surface area contributed by atoms with Crippen LogP contribution in [0.3, 0.4) is 0 Å². The Bertz CT molecular complexity index is 1100. The van der Waals surface area contributed by atoms with E-state index in [4.69, 9.17) is 4.42 Å². The number of para-hydroxylation sites is 2. The topological polar surface area (TPSA) is 67.8 Å². The zero-order valence-electron chi connectivity index (χ0n) is 17.4. The van der Waals surface area contributed by atoms with E-state index in [0.29, 0.717) is 30.4 Å². The SMILES string of the molecule is Cc1cc(C)c(C)c(S(=O)(=O)N2CC[NH+](Cc3nc4ccccc4o3)CC2)c1C. The summed E-state index contributed by atoms with van der Waals surface area (Å²) in [7, 11) is -3.50. The lowest BCUT2D eigenvalue weighted by Crippen LogP contribution is -3.13. The second-order valence-corrected chi connectivity index (χ2v) is 9.87. The van der Waals surface area contributed by atoms with Crippen molar-refractivity contribution in [3.05, 3.63) is 58.5 Å². The Balaban J connectivity index is 1.49. The van der Waals surface area contributed by atoms with Gasteiger partial charge in [0.1, 0.15) is 5.52 Å². The first-order valence-electron chi connectivity index (χ1n) is 10.0. The highest BCUT2D eigenvalue weighted by Gasteiger charge is 2.33. The highest BCUT2D eigenvalue weighted by Crippen LogP contribution is 2.28. The molecule has 2 aromatic carbocycles. The molecule has 0 radical (unpaired) electrons. The Hall–Kier alpha value is -2.22. The van der Waals surface area contributed by atoms with Crippen molar-refractivity contribution in [1.29, 1.82) is 0 Å². The van der Waals surface area contributed by atoms with E-state index in [1.54, 1.807) is 4.31 Å². The molecule has 1 fully saturated rings. The number of piperazine rings is 1. The summed E-state index contributed by atoms with van der Waals surface area (Å²) in [4.78, 5) is 6.32. The van der Waals surface area contributed by atoms with E-state index in [2.05, 4.69) is 11.1 Å². The molecule has 1 saturated heterocycles. The minimum Gasteiger partial charge on any atom is -0.435 e. The minimum atomic E-state index is -3.50. The molecule has 7 heteroatoms. The third kappa shape index (κ3) is 3.70. The lowest BCUT2D eigenvalue weighted by atomic mass is 10.0. The molecule has 1 aliphatic heterocycles. The van der Waals surface area contributed by atoms with Gasteiger partial charge in [0, 0.05) is 0 Å². The minimum absolute atomic E-state index is 0.484. The predicted octanol–water partition coefficient (Wildman–Crippen LogP) is 2.15. The van der Waals surface area contributed by atoms with Crippen LogP contribution in [0.25, 0.3) is 11.1 Å². The van der Waals surface area contributed by atoms with Gasteiger partial charge in [-0.25, -0.2) is 13.4 Å². The number of aryl methyl sites for hydroxylation is 2. The Kier molecular flexibility index (Phi) is 5.23. The largest absolute Gasteiger partial charge is 0.435 e. The molecule has 0 amide bonds. The standard InChI is InChI=1S/C22H27N3O3S/c1-15-13-16(2)18(4)22(17(15)3)29(26,27)25-11-9-24(10-12-25)14-21-23-19-7-5-6-8-20(19)28-21/h5-8,13H,9-12,14H2,1-4H3/p+1. The van der Waals surface area contributed by atoms with Crippen LogP contribution in [0.5, 0.6) is 0 Å². The number of benzene rings is 2. The van der Waals surface area contributed by atoms with Crippen molar-refractivity contribution in [2.45, 2.75) is 39.1 Å². The summed E-state index contributed by atoms with van der Waals surface area (Å²) in [6.07, 6.45) is 0. The zero-order chi connectivity index (χ0) is 20.8. The molecule has 29 heavy (non-hydrogen) atoms. The van der Waals surface area contributed by atoms with Gasteiger partial charge >= 0.3 is 0 Å². The fraction of sp³-hybridized carbons (Fsp3) is 0.409. The second-order valence-electron chi connectivity index (χ2n) is 8.00. The van der Waals surface area contributed by atoms with E-state index in [1.165, 1.54) is 4.90 Å². The van der Waals surface area contributed by atoms with Crippen molar-refractivity contribution in [1.82, 2.24) is 9.29 Å². The van der Waals surface area contributed by atoms with Gasteiger partial charge in [-0.15, -0.1) is 0 Å². The van der Waals surface area contributed by atoms with Crippen LogP contribution in [0.2, 0.25) is 0 Å². The maximum absolute atomic E-state index is 13.4. The number of aromatic nitrogens is 1. The van der Waals surface area contributed by atoms with E-state index in [1.807, 2.05) is 52.0 Å². The number of nitrogens with one attached hydrogen (secondary N) is 1. The number of quaternary nitrogens is 1. The summed E-state index contributed by atoms with van der Waals surface area (Å²) in [6.45, 7) is 10.9. The van der Waals surface area contributed by atoms with Gasteiger partial charge in [-0.1, -0.05) is 18.2 Å². The number of oxazole rings is 1. The van der Waals surface area contributed by atoms with Crippen molar-refractivity contribution in [3.63, 3.8) is 0 Å². The zero-order valence-corrected chi connectivity index (χ0v) is 18.3. The Morgan fingerprint density at radius 1 is 1.03 bits per heavy atom. The second kappa shape index (κ2) is 7.55. The first-order chi connectivity index (χ1) is 13.8. The summed E-state index contributed by atoms with van der Waals surface area (Å²) < 4.78 is 34.3. The Labute approximate surface area is 172 Å². The molecule has 6 nitrogen and oxygen atoms in total. The monoisotopic (exact) mass is 414 g/mol. The molecule has 2 heterocycles. The van der Waals surface area contributed by atoms with Crippen molar-refractivity contribution in [3.8, 4) is 0 Å². The third-order valence-corrected chi connectivity index (χ3v) is 8.24. The maximum atomic E-state index is 13.4. The molecule has 0 aliphatic carbocycles. The molecular formula is C22H28N3O3S+. The number of fused-ring (bicyclic) bond motifs is 1. The molecule has 0 saturated carbocycles. The van der Waals surface area contributed by atoms with Gasteiger partial charge < -0.3 is 9.32 Å². The number of nitrogens with zero attached hydrogens (tertiary/aromatic N) is 2. The molecule has 1 aromatic heterocycles. The van der Waals surface area contributed by atoms with E-state index < -0.39 is 10.0 Å². The average Bonchev–Trinajstić information content (AvgIpc) is 3.09. The molecule has 1 aliphatic rings. The first-order valence-corrected chi connectivity index (χ1v) is 11.5. The highest BCUT2D eigenvalue weighted by molar-refractivity contribution is 7.89. The maximum Gasteiger partial charge on any atom is 0.251 e. The fourth-order valence-corrected chi connectivity index (χ4v) is 6.14. The summed E-state index contributed by atoms with van der Waals surface area (Å²) in [5, 5.41) is 0. The molecule has 0 unspecified atom stereocenters. The molecule has 0 spiro atoms. The normalized spacial score (nSPS) is 16.6. The van der Waals surface area contributed by atoms with Crippen molar-refractivity contribution in [2.24, 2.45) is 0 Å². The van der Waals surface area contributed by atoms with Gasteiger partial charge in [0.05, 0.1) is 31.1 Å². The smallest absolute Gasteiger partial charge is 0.251 e. The highest BCUT2D eigenvalue weighted by atomic mass is 32.2. The van der Waals surface area contributed by atoms with E-state index in [0.717, 1.165) is 46.4 Å². The average molecular weight is 415 g/mol. The number of rotatable bonds is 4. The fourth-order valence-electron chi connectivity index (χ4n) is 4.13. The number of sulfonamides is 1. The van der Waals surface area contributed by atoms with Gasteiger partial charge in [0.15, 0.2) is 12.1 Å². The van der Waals surface area contributed by atoms with Crippen LogP contribution in [0.15, 0.2) is 39.6 Å². The summed E-state index contributed by atoms with van der Waals surface area (Å²) in [5.74, 6) is 0.707. The van der Waals surface area contributed by atoms with Crippen LogP contribution in [-0.4, -0.2) is 43.9 Å².